The summed E-state index contributed by atoms with van der Waals surface area (Å²) in [4.78, 5) is 10.1. The smallest absolute Gasteiger partial charge is 0.272 e. The van der Waals surface area contributed by atoms with Crippen molar-refractivity contribution in [2.24, 2.45) is 0 Å². The summed E-state index contributed by atoms with van der Waals surface area (Å²) in [6.45, 7) is 2.33. The van der Waals surface area contributed by atoms with Gasteiger partial charge in [-0.3, -0.25) is 10.1 Å². The predicted molar refractivity (Wildman–Crippen MR) is 82.5 cm³/mol. The van der Waals surface area contributed by atoms with Crippen LogP contribution in [-0.2, 0) is 6.54 Å². The summed E-state index contributed by atoms with van der Waals surface area (Å²) < 4.78 is 14.3. The van der Waals surface area contributed by atoms with Gasteiger partial charge in [-0.1, -0.05) is 34.1 Å². The van der Waals surface area contributed by atoms with Crippen LogP contribution in [0.2, 0.25) is 0 Å². The Morgan fingerprint density at radius 1 is 1.33 bits per heavy atom. The molecule has 0 aromatic heterocycles. The molecule has 2 aromatic rings. The fourth-order valence-electron chi connectivity index (χ4n) is 2.05. The number of hydrogen-bond acceptors (Lipinski definition) is 3. The molecule has 2 aromatic carbocycles. The molecule has 0 aliphatic rings. The van der Waals surface area contributed by atoms with Crippen LogP contribution in [0.1, 0.15) is 24.1 Å². The summed E-state index contributed by atoms with van der Waals surface area (Å²) >= 11 is 3.48. The Hall–Kier alpha value is -1.79. The van der Waals surface area contributed by atoms with Gasteiger partial charge < -0.3 is 5.32 Å². The Balaban J connectivity index is 2.09. The van der Waals surface area contributed by atoms with Gasteiger partial charge in [-0.2, -0.15) is 0 Å². The molecule has 0 unspecified atom stereocenters. The summed E-state index contributed by atoms with van der Waals surface area (Å²) in [5, 5.41) is 14.0. The van der Waals surface area contributed by atoms with Gasteiger partial charge in [0.25, 0.3) is 5.69 Å². The Morgan fingerprint density at radius 2 is 2.05 bits per heavy atom. The van der Waals surface area contributed by atoms with Gasteiger partial charge in [0.05, 0.1) is 11.0 Å². The molecule has 0 saturated heterocycles. The zero-order valence-electron chi connectivity index (χ0n) is 11.3. The summed E-state index contributed by atoms with van der Waals surface area (Å²) in [5.41, 5.74) is 1.38. The lowest BCUT2D eigenvalue weighted by Gasteiger charge is -2.15. The van der Waals surface area contributed by atoms with E-state index in [4.69, 9.17) is 0 Å². The SMILES string of the molecule is C[C@H](NCc1cc(F)cc([N+](=O)[O-])c1)c1ccccc1Br. The van der Waals surface area contributed by atoms with Crippen molar-refractivity contribution < 1.29 is 9.31 Å². The van der Waals surface area contributed by atoms with Gasteiger partial charge in [-0.05, 0) is 30.2 Å². The highest BCUT2D eigenvalue weighted by atomic mass is 79.9. The van der Waals surface area contributed by atoms with Gasteiger partial charge >= 0.3 is 0 Å². The Labute approximate surface area is 130 Å². The second-order valence-electron chi connectivity index (χ2n) is 4.70. The van der Waals surface area contributed by atoms with Crippen molar-refractivity contribution in [2.75, 3.05) is 0 Å². The van der Waals surface area contributed by atoms with Crippen LogP contribution in [0.5, 0.6) is 0 Å². The number of benzene rings is 2. The van der Waals surface area contributed by atoms with Crippen molar-refractivity contribution in [3.63, 3.8) is 0 Å². The van der Waals surface area contributed by atoms with Crippen LogP contribution in [0.4, 0.5) is 10.1 Å². The highest BCUT2D eigenvalue weighted by Gasteiger charge is 2.12. The second kappa shape index (κ2) is 6.78. The van der Waals surface area contributed by atoms with E-state index in [-0.39, 0.29) is 11.7 Å². The van der Waals surface area contributed by atoms with E-state index in [0.717, 1.165) is 16.1 Å². The molecule has 6 heteroatoms. The number of hydrogen-bond donors (Lipinski definition) is 1. The van der Waals surface area contributed by atoms with E-state index < -0.39 is 10.7 Å². The highest BCUT2D eigenvalue weighted by molar-refractivity contribution is 9.10. The maximum atomic E-state index is 13.4. The molecule has 0 amide bonds. The van der Waals surface area contributed by atoms with E-state index in [0.29, 0.717) is 12.1 Å². The lowest BCUT2D eigenvalue weighted by atomic mass is 10.1. The fraction of sp³-hybridized carbons (Fsp3) is 0.200. The number of nitrogens with one attached hydrogen (secondary N) is 1. The molecule has 0 aliphatic heterocycles. The summed E-state index contributed by atoms with van der Waals surface area (Å²) in [7, 11) is 0. The van der Waals surface area contributed by atoms with Crippen molar-refractivity contribution in [1.29, 1.82) is 0 Å². The molecular weight excluding hydrogens is 339 g/mol. The quantitative estimate of drug-likeness (QED) is 0.642. The lowest BCUT2D eigenvalue weighted by Crippen LogP contribution is -2.18. The van der Waals surface area contributed by atoms with Crippen LogP contribution in [-0.4, -0.2) is 4.92 Å². The van der Waals surface area contributed by atoms with E-state index in [2.05, 4.69) is 21.2 Å². The molecule has 0 fully saturated rings. The van der Waals surface area contributed by atoms with Crippen molar-refractivity contribution in [3.05, 3.63) is 74.0 Å². The minimum absolute atomic E-state index is 0.0305. The Morgan fingerprint density at radius 3 is 2.71 bits per heavy atom. The van der Waals surface area contributed by atoms with Gasteiger partial charge in [0, 0.05) is 23.1 Å². The van der Waals surface area contributed by atoms with Crippen LogP contribution < -0.4 is 5.32 Å². The van der Waals surface area contributed by atoms with Gasteiger partial charge in [0.1, 0.15) is 5.82 Å². The third-order valence-corrected chi connectivity index (χ3v) is 3.86. The summed E-state index contributed by atoms with van der Waals surface area (Å²) in [5.74, 6) is -0.602. The van der Waals surface area contributed by atoms with Crippen LogP contribution in [0.15, 0.2) is 46.9 Å². The molecule has 0 aliphatic carbocycles. The van der Waals surface area contributed by atoms with Crippen LogP contribution in [0.3, 0.4) is 0 Å². The van der Waals surface area contributed by atoms with Crippen LogP contribution in [0.25, 0.3) is 0 Å². The largest absolute Gasteiger partial charge is 0.306 e. The molecule has 1 atom stereocenters. The van der Waals surface area contributed by atoms with Crippen molar-refractivity contribution in [1.82, 2.24) is 5.32 Å². The maximum absolute atomic E-state index is 13.4. The van der Waals surface area contributed by atoms with E-state index in [1.807, 2.05) is 31.2 Å². The van der Waals surface area contributed by atoms with E-state index in [9.17, 15) is 14.5 Å². The lowest BCUT2D eigenvalue weighted by molar-refractivity contribution is -0.385. The van der Waals surface area contributed by atoms with Crippen molar-refractivity contribution in [3.8, 4) is 0 Å². The number of rotatable bonds is 5. The molecule has 0 bridgehead atoms. The average molecular weight is 353 g/mol. The minimum atomic E-state index is -0.602. The molecule has 0 saturated carbocycles. The van der Waals surface area contributed by atoms with Gasteiger partial charge in [0.15, 0.2) is 0 Å². The average Bonchev–Trinajstić information content (AvgIpc) is 2.44. The molecule has 21 heavy (non-hydrogen) atoms. The first-order chi connectivity index (χ1) is 9.97. The number of non-ortho nitro benzene ring substituents is 1. The third-order valence-electron chi connectivity index (χ3n) is 3.14. The topological polar surface area (TPSA) is 55.2 Å². The molecule has 0 heterocycles. The van der Waals surface area contributed by atoms with Crippen molar-refractivity contribution in [2.45, 2.75) is 19.5 Å². The zero-order valence-corrected chi connectivity index (χ0v) is 12.9. The molecule has 4 nitrogen and oxygen atoms in total. The number of nitro benzene ring substituents is 1. The van der Waals surface area contributed by atoms with Gasteiger partial charge in [0.2, 0.25) is 0 Å². The molecule has 0 radical (unpaired) electrons. The maximum Gasteiger partial charge on any atom is 0.272 e. The molecule has 110 valence electrons. The van der Waals surface area contributed by atoms with Gasteiger partial charge in [-0.15, -0.1) is 0 Å². The first-order valence-electron chi connectivity index (χ1n) is 6.39. The van der Waals surface area contributed by atoms with E-state index in [1.165, 1.54) is 12.1 Å². The van der Waals surface area contributed by atoms with E-state index >= 15 is 0 Å². The normalized spacial score (nSPS) is 12.1. The number of nitro groups is 1. The Kier molecular flexibility index (Phi) is 5.03. The minimum Gasteiger partial charge on any atom is -0.306 e. The second-order valence-corrected chi connectivity index (χ2v) is 5.55. The summed E-state index contributed by atoms with van der Waals surface area (Å²) in [6, 6.07) is 11.4. The highest BCUT2D eigenvalue weighted by Crippen LogP contribution is 2.23. The van der Waals surface area contributed by atoms with Gasteiger partial charge in [-0.25, -0.2) is 4.39 Å². The predicted octanol–water partition coefficient (Wildman–Crippen LogP) is 4.35. The molecular formula is C15H14BrFN2O2. The van der Waals surface area contributed by atoms with Crippen LogP contribution >= 0.6 is 15.9 Å². The molecule has 1 N–H and O–H groups in total. The first-order valence-corrected chi connectivity index (χ1v) is 7.18. The Bertz CT molecular complexity index is 664. The summed E-state index contributed by atoms with van der Waals surface area (Å²) in [6.07, 6.45) is 0. The van der Waals surface area contributed by atoms with Crippen molar-refractivity contribution >= 4 is 21.6 Å². The number of halogens is 2. The number of nitrogens with zero attached hydrogens (tertiary/aromatic N) is 1. The molecule has 0 spiro atoms. The zero-order chi connectivity index (χ0) is 15.4. The third kappa shape index (κ3) is 4.09. The van der Waals surface area contributed by atoms with Crippen LogP contribution in [0, 0.1) is 15.9 Å². The first kappa shape index (κ1) is 15.6. The molecule has 2 rings (SSSR count). The van der Waals surface area contributed by atoms with E-state index in [1.54, 1.807) is 0 Å². The standard InChI is InChI=1S/C15H14BrFN2O2/c1-10(14-4-2-3-5-15(14)16)18-9-11-6-12(17)8-13(7-11)19(20)21/h2-8,10,18H,9H2,1H3/t10-/m0/s1. The monoisotopic (exact) mass is 352 g/mol. The fourth-order valence-corrected chi connectivity index (χ4v) is 2.68.